The van der Waals surface area contributed by atoms with Crippen LogP contribution < -0.4 is 10.2 Å². The van der Waals surface area contributed by atoms with Crippen LogP contribution in [0, 0.1) is 0 Å². The van der Waals surface area contributed by atoms with Crippen LogP contribution in [-0.4, -0.2) is 69.2 Å². The Morgan fingerprint density at radius 2 is 1.66 bits per heavy atom. The molecule has 2 saturated heterocycles. The van der Waals surface area contributed by atoms with Gasteiger partial charge in [0.15, 0.2) is 0 Å². The maximum absolute atomic E-state index is 13.9. The van der Waals surface area contributed by atoms with Gasteiger partial charge in [-0.25, -0.2) is 15.0 Å². The first kappa shape index (κ1) is 25.6. The number of carbonyl (C=O) groups is 1. The Bertz CT molecular complexity index is 1150. The van der Waals surface area contributed by atoms with Crippen molar-refractivity contribution < 1.29 is 18.0 Å². The fraction of sp³-hybridized carbons (Fsp3) is 0.704. The smallest absolute Gasteiger partial charge is 0.356 e. The molecule has 0 radical (unpaired) electrons. The summed E-state index contributed by atoms with van der Waals surface area (Å²) in [7, 11) is 0. The zero-order chi connectivity index (χ0) is 26.3. The van der Waals surface area contributed by atoms with Crippen LogP contribution in [0.15, 0.2) is 12.5 Å². The van der Waals surface area contributed by atoms with Crippen molar-refractivity contribution in [3.8, 4) is 0 Å². The fourth-order valence-electron chi connectivity index (χ4n) is 6.79. The number of piperidine rings is 1. The van der Waals surface area contributed by atoms with Gasteiger partial charge in [0.05, 0.1) is 17.2 Å². The summed E-state index contributed by atoms with van der Waals surface area (Å²) in [5.74, 6) is -0.342. The van der Waals surface area contributed by atoms with E-state index in [1.54, 1.807) is 0 Å². The molecule has 206 valence electrons. The van der Waals surface area contributed by atoms with E-state index in [0.29, 0.717) is 24.8 Å². The molecule has 1 N–H and O–H groups in total. The molecule has 0 aromatic carbocycles. The van der Waals surface area contributed by atoms with Gasteiger partial charge in [-0.05, 0) is 51.6 Å². The zero-order valence-corrected chi connectivity index (χ0v) is 21.7. The summed E-state index contributed by atoms with van der Waals surface area (Å²) in [5.41, 5.74) is 1.21. The Balaban J connectivity index is 1.21. The number of carbonyl (C=O) groups excluding carboxylic acids is 1. The quantitative estimate of drug-likeness (QED) is 0.577. The molecule has 3 aliphatic heterocycles. The summed E-state index contributed by atoms with van der Waals surface area (Å²) in [6, 6.07) is 0. The first-order chi connectivity index (χ1) is 18.4. The lowest BCUT2D eigenvalue weighted by atomic mass is 9.90. The molecule has 38 heavy (non-hydrogen) atoms. The van der Waals surface area contributed by atoms with Crippen LogP contribution in [0.25, 0.3) is 0 Å². The molecule has 1 amide bonds. The predicted molar refractivity (Wildman–Crippen MR) is 137 cm³/mol. The normalized spacial score (nSPS) is 23.7. The summed E-state index contributed by atoms with van der Waals surface area (Å²) in [6.45, 7) is 5.47. The molecule has 1 atom stereocenters. The van der Waals surface area contributed by atoms with Crippen LogP contribution >= 0.6 is 0 Å². The lowest BCUT2D eigenvalue weighted by molar-refractivity contribution is -0.156. The number of rotatable bonds is 6. The van der Waals surface area contributed by atoms with Gasteiger partial charge in [0, 0.05) is 50.6 Å². The van der Waals surface area contributed by atoms with Crippen molar-refractivity contribution in [3.63, 3.8) is 0 Å². The standard InChI is InChI=1S/C27H36F3N7O/c28-27(29,30)20-15-22(38)34-24-23(20)26(32-17-31-24)36-11-7-19(8-12-36)25-33-21(18-5-1-2-6-18)16-37(25)14-13-35-9-3-4-10-35/h16-20H,1-15H2,(H,31,32,34,38)/t20-/m1/s1. The average Bonchev–Trinajstić information content (AvgIpc) is 3.68. The zero-order valence-electron chi connectivity index (χ0n) is 21.7. The van der Waals surface area contributed by atoms with Crippen molar-refractivity contribution in [3.05, 3.63) is 29.6 Å². The number of halogens is 3. The monoisotopic (exact) mass is 531 g/mol. The van der Waals surface area contributed by atoms with Gasteiger partial charge in [0.25, 0.3) is 0 Å². The minimum Gasteiger partial charge on any atom is -0.356 e. The maximum Gasteiger partial charge on any atom is 0.396 e. The first-order valence-electron chi connectivity index (χ1n) is 14.1. The van der Waals surface area contributed by atoms with Gasteiger partial charge in [-0.2, -0.15) is 13.2 Å². The predicted octanol–water partition coefficient (Wildman–Crippen LogP) is 4.80. The molecule has 0 unspecified atom stereocenters. The average molecular weight is 532 g/mol. The summed E-state index contributed by atoms with van der Waals surface area (Å²) < 4.78 is 44.1. The number of nitrogens with zero attached hydrogens (tertiary/aromatic N) is 6. The minimum atomic E-state index is -4.54. The molecule has 2 aromatic heterocycles. The van der Waals surface area contributed by atoms with Crippen molar-refractivity contribution in [1.82, 2.24) is 24.4 Å². The highest BCUT2D eigenvalue weighted by Crippen LogP contribution is 2.46. The van der Waals surface area contributed by atoms with Crippen molar-refractivity contribution in [2.24, 2.45) is 0 Å². The number of imidazole rings is 1. The van der Waals surface area contributed by atoms with E-state index >= 15 is 0 Å². The van der Waals surface area contributed by atoms with Crippen LogP contribution in [0.1, 0.15) is 92.6 Å². The summed E-state index contributed by atoms with van der Waals surface area (Å²) in [6.07, 6.45) is 7.44. The molecule has 4 aliphatic rings. The van der Waals surface area contributed by atoms with Gasteiger partial charge >= 0.3 is 6.18 Å². The molecule has 1 aliphatic carbocycles. The summed E-state index contributed by atoms with van der Waals surface area (Å²) in [4.78, 5) is 29.8. The second-order valence-corrected chi connectivity index (χ2v) is 11.3. The molecule has 3 fully saturated rings. The van der Waals surface area contributed by atoms with Crippen molar-refractivity contribution in [2.75, 3.05) is 42.9 Å². The number of anilines is 2. The molecule has 11 heteroatoms. The molecule has 1 saturated carbocycles. The van der Waals surface area contributed by atoms with E-state index in [1.807, 2.05) is 4.90 Å². The molecular formula is C27H36F3N7O. The molecule has 0 bridgehead atoms. The van der Waals surface area contributed by atoms with Gasteiger partial charge in [0.2, 0.25) is 5.91 Å². The fourth-order valence-corrected chi connectivity index (χ4v) is 6.79. The van der Waals surface area contributed by atoms with Gasteiger partial charge in [-0.3, -0.25) is 4.79 Å². The van der Waals surface area contributed by atoms with Crippen molar-refractivity contribution in [2.45, 2.75) is 88.3 Å². The highest BCUT2D eigenvalue weighted by atomic mass is 19.4. The highest BCUT2D eigenvalue weighted by Gasteiger charge is 2.48. The van der Waals surface area contributed by atoms with E-state index in [1.165, 1.54) is 63.6 Å². The summed E-state index contributed by atoms with van der Waals surface area (Å²) >= 11 is 0. The van der Waals surface area contributed by atoms with Gasteiger partial charge in [-0.15, -0.1) is 0 Å². The minimum absolute atomic E-state index is 0.00585. The number of amides is 1. The molecule has 8 nitrogen and oxygen atoms in total. The topological polar surface area (TPSA) is 79.2 Å². The number of alkyl halides is 3. The lowest BCUT2D eigenvalue weighted by Gasteiger charge is -2.36. The molecule has 5 heterocycles. The molecular weight excluding hydrogens is 495 g/mol. The van der Waals surface area contributed by atoms with Gasteiger partial charge < -0.3 is 19.7 Å². The van der Waals surface area contributed by atoms with E-state index < -0.39 is 24.4 Å². The second kappa shape index (κ2) is 10.5. The SMILES string of the molecule is O=C1C[C@@H](C(F)(F)F)c2c(ncnc2N2CCC(c3nc(C4CCCC4)cn3CCN3CCCC3)CC2)N1. The lowest BCUT2D eigenvalue weighted by Crippen LogP contribution is -2.38. The Morgan fingerprint density at radius 1 is 0.921 bits per heavy atom. The maximum atomic E-state index is 13.9. The molecule has 0 spiro atoms. The number of hydrogen-bond acceptors (Lipinski definition) is 6. The van der Waals surface area contributed by atoms with E-state index in [0.717, 1.165) is 31.8 Å². The van der Waals surface area contributed by atoms with E-state index in [9.17, 15) is 18.0 Å². The summed E-state index contributed by atoms with van der Waals surface area (Å²) in [5, 5.41) is 2.52. The largest absolute Gasteiger partial charge is 0.396 e. The highest BCUT2D eigenvalue weighted by molar-refractivity contribution is 5.94. The number of nitrogens with one attached hydrogen (secondary N) is 1. The van der Waals surface area contributed by atoms with Crippen LogP contribution in [0.5, 0.6) is 0 Å². The van der Waals surface area contributed by atoms with Gasteiger partial charge in [-0.1, -0.05) is 12.8 Å². The van der Waals surface area contributed by atoms with Crippen LogP contribution in [-0.2, 0) is 11.3 Å². The first-order valence-corrected chi connectivity index (χ1v) is 14.1. The number of hydrogen-bond donors (Lipinski definition) is 1. The third kappa shape index (κ3) is 5.13. The Morgan fingerprint density at radius 3 is 2.37 bits per heavy atom. The van der Waals surface area contributed by atoms with Crippen LogP contribution in [0.2, 0.25) is 0 Å². The van der Waals surface area contributed by atoms with Crippen LogP contribution in [0.4, 0.5) is 24.8 Å². The Kier molecular flexibility index (Phi) is 7.05. The van der Waals surface area contributed by atoms with Crippen molar-refractivity contribution in [1.29, 1.82) is 0 Å². The van der Waals surface area contributed by atoms with E-state index in [-0.39, 0.29) is 17.3 Å². The van der Waals surface area contributed by atoms with Gasteiger partial charge in [0.1, 0.15) is 23.8 Å². The molecule has 6 rings (SSSR count). The Hall–Kier alpha value is -2.69. The van der Waals surface area contributed by atoms with Crippen molar-refractivity contribution >= 4 is 17.5 Å². The third-order valence-electron chi connectivity index (χ3n) is 8.87. The molecule has 2 aromatic rings. The van der Waals surface area contributed by atoms with Crippen LogP contribution in [0.3, 0.4) is 0 Å². The third-order valence-corrected chi connectivity index (χ3v) is 8.87. The second-order valence-electron chi connectivity index (χ2n) is 11.3. The Labute approximate surface area is 221 Å². The van der Waals surface area contributed by atoms with E-state index in [4.69, 9.17) is 4.98 Å². The number of likely N-dealkylation sites (tertiary alicyclic amines) is 1. The number of aromatic nitrogens is 4. The van der Waals surface area contributed by atoms with E-state index in [2.05, 4.69) is 30.9 Å². The number of fused-ring (bicyclic) bond motifs is 1.